The van der Waals surface area contributed by atoms with E-state index in [1.165, 1.54) is 11.6 Å². The van der Waals surface area contributed by atoms with Crippen molar-refractivity contribution in [3.63, 3.8) is 0 Å². The SMILES string of the molecule is Cc1nc2ccccc2n1C1CC2CCC(C1)N2CCC1(c2cccc(F)c2)CCN(C(=O)Cc2cc(S(N)(=O)=O)c(Cl)cc2F)CC1. The lowest BCUT2D eigenvalue weighted by Crippen LogP contribution is -2.49. The molecule has 1 amide bonds. The van der Waals surface area contributed by atoms with Crippen LogP contribution in [0.2, 0.25) is 5.02 Å². The molecule has 1 aromatic heterocycles. The zero-order chi connectivity index (χ0) is 33.8. The van der Waals surface area contributed by atoms with Crippen molar-refractivity contribution in [1.29, 1.82) is 0 Å². The molecule has 2 N–H and O–H groups in total. The second kappa shape index (κ2) is 12.8. The Hall–Kier alpha value is -3.38. The molecule has 0 aliphatic carbocycles. The number of nitrogens with two attached hydrogens (primary N) is 1. The number of carbonyl (C=O) groups excluding carboxylic acids is 1. The zero-order valence-electron chi connectivity index (χ0n) is 26.9. The van der Waals surface area contributed by atoms with Crippen LogP contribution >= 0.6 is 11.6 Å². The molecule has 2 bridgehead atoms. The first-order valence-corrected chi connectivity index (χ1v) is 18.6. The van der Waals surface area contributed by atoms with E-state index in [1.807, 2.05) is 12.1 Å². The summed E-state index contributed by atoms with van der Waals surface area (Å²) in [6.07, 6.45) is 6.27. The number of fused-ring (bicyclic) bond motifs is 3. The predicted molar refractivity (Wildman–Crippen MR) is 181 cm³/mol. The Morgan fingerprint density at radius 2 is 1.71 bits per heavy atom. The number of rotatable bonds is 8. The van der Waals surface area contributed by atoms with Gasteiger partial charge in [-0.15, -0.1) is 0 Å². The Kier molecular flexibility index (Phi) is 8.85. The number of hydrogen-bond acceptors (Lipinski definition) is 5. The Morgan fingerprint density at radius 1 is 1.00 bits per heavy atom. The fraction of sp³-hybridized carbons (Fsp3) is 0.444. The van der Waals surface area contributed by atoms with E-state index in [0.29, 0.717) is 44.1 Å². The largest absolute Gasteiger partial charge is 0.342 e. The molecule has 4 aromatic rings. The lowest BCUT2D eigenvalue weighted by atomic mass is 9.70. The molecule has 2 unspecified atom stereocenters. The zero-order valence-corrected chi connectivity index (χ0v) is 28.5. The number of piperidine rings is 2. The van der Waals surface area contributed by atoms with Crippen molar-refractivity contribution in [2.24, 2.45) is 5.14 Å². The number of aryl methyl sites for hydroxylation is 1. The lowest BCUT2D eigenvalue weighted by molar-refractivity contribution is -0.132. The van der Waals surface area contributed by atoms with Gasteiger partial charge in [0.15, 0.2) is 0 Å². The van der Waals surface area contributed by atoms with Crippen molar-refractivity contribution < 1.29 is 22.0 Å². The van der Waals surface area contributed by atoms with Crippen LogP contribution in [0.25, 0.3) is 11.0 Å². The lowest BCUT2D eigenvalue weighted by Gasteiger charge is -2.45. The quantitative estimate of drug-likeness (QED) is 0.234. The van der Waals surface area contributed by atoms with Gasteiger partial charge < -0.3 is 9.47 Å². The monoisotopic (exact) mass is 695 g/mol. The van der Waals surface area contributed by atoms with Gasteiger partial charge in [-0.2, -0.15) is 0 Å². The van der Waals surface area contributed by atoms with E-state index in [0.717, 1.165) is 67.7 Å². The van der Waals surface area contributed by atoms with E-state index in [9.17, 15) is 22.0 Å². The maximum Gasteiger partial charge on any atom is 0.239 e. The van der Waals surface area contributed by atoms with Crippen LogP contribution in [-0.4, -0.2) is 65.4 Å². The van der Waals surface area contributed by atoms with E-state index in [-0.39, 0.29) is 34.1 Å². The molecule has 3 aliphatic rings. The highest BCUT2D eigenvalue weighted by Gasteiger charge is 2.44. The number of hydrogen-bond donors (Lipinski definition) is 1. The summed E-state index contributed by atoms with van der Waals surface area (Å²) >= 11 is 5.91. The first-order chi connectivity index (χ1) is 22.9. The number of benzene rings is 3. The molecule has 12 heteroatoms. The maximum atomic E-state index is 14.7. The summed E-state index contributed by atoms with van der Waals surface area (Å²) in [7, 11) is -4.19. The number of halogens is 3. The van der Waals surface area contributed by atoms with Gasteiger partial charge in [0, 0.05) is 31.2 Å². The molecule has 254 valence electrons. The van der Waals surface area contributed by atoms with Gasteiger partial charge in [-0.25, -0.2) is 27.3 Å². The third-order valence-electron chi connectivity index (χ3n) is 11.1. The highest BCUT2D eigenvalue weighted by Crippen LogP contribution is 2.45. The fourth-order valence-corrected chi connectivity index (χ4v) is 9.79. The van der Waals surface area contributed by atoms with Crippen molar-refractivity contribution in [3.05, 3.63) is 94.3 Å². The van der Waals surface area contributed by atoms with Gasteiger partial charge in [-0.3, -0.25) is 9.69 Å². The van der Waals surface area contributed by atoms with Gasteiger partial charge >= 0.3 is 0 Å². The minimum Gasteiger partial charge on any atom is -0.342 e. The van der Waals surface area contributed by atoms with Crippen molar-refractivity contribution in [2.75, 3.05) is 19.6 Å². The number of sulfonamides is 1. The van der Waals surface area contributed by atoms with Gasteiger partial charge in [0.1, 0.15) is 22.4 Å². The molecule has 0 radical (unpaired) electrons. The molecule has 3 aromatic carbocycles. The molecule has 2 atom stereocenters. The van der Waals surface area contributed by atoms with Crippen LogP contribution in [0.3, 0.4) is 0 Å². The number of carbonyl (C=O) groups is 1. The molecule has 3 fully saturated rings. The van der Waals surface area contributed by atoms with Crippen molar-refractivity contribution in [2.45, 2.75) is 86.7 Å². The summed E-state index contributed by atoms with van der Waals surface area (Å²) in [5, 5.41) is 4.91. The minimum absolute atomic E-state index is 0.0758. The number of nitrogens with zero attached hydrogens (tertiary/aromatic N) is 4. The van der Waals surface area contributed by atoms with Gasteiger partial charge in [0.2, 0.25) is 15.9 Å². The van der Waals surface area contributed by atoms with Gasteiger partial charge in [-0.05, 0) is 111 Å². The molecule has 3 aliphatic heterocycles. The number of para-hydroxylation sites is 2. The molecule has 48 heavy (non-hydrogen) atoms. The van der Waals surface area contributed by atoms with E-state index in [1.54, 1.807) is 17.0 Å². The highest BCUT2D eigenvalue weighted by molar-refractivity contribution is 7.89. The summed E-state index contributed by atoms with van der Waals surface area (Å²) < 4.78 is 55.6. The molecule has 7 rings (SSSR count). The van der Waals surface area contributed by atoms with Crippen LogP contribution in [-0.2, 0) is 26.7 Å². The van der Waals surface area contributed by atoms with Crippen LogP contribution in [0.15, 0.2) is 65.6 Å². The number of primary sulfonamides is 1. The first-order valence-electron chi connectivity index (χ1n) is 16.7. The second-order valence-electron chi connectivity index (χ2n) is 13.8. The highest BCUT2D eigenvalue weighted by atomic mass is 35.5. The molecular weight excluding hydrogens is 656 g/mol. The van der Waals surface area contributed by atoms with Crippen LogP contribution in [0.1, 0.15) is 67.9 Å². The molecular formula is C36H40ClF2N5O3S. The van der Waals surface area contributed by atoms with E-state index >= 15 is 0 Å². The average Bonchev–Trinajstić information content (AvgIpc) is 3.51. The second-order valence-corrected chi connectivity index (χ2v) is 15.7. The summed E-state index contributed by atoms with van der Waals surface area (Å²) in [6, 6.07) is 18.4. The number of aromatic nitrogens is 2. The van der Waals surface area contributed by atoms with Crippen LogP contribution < -0.4 is 5.14 Å². The standard InChI is InChI=1S/C36H40ClF2N5O3S/c1-23-41-32-7-2-3-8-33(32)44(23)29-20-27-9-10-28(21-29)43(27)16-13-36(25-5-4-6-26(38)19-25)11-14-42(15-12-36)35(45)18-24-17-34(48(40,46)47)30(37)22-31(24)39/h2-8,17,19,22,27-29H,9-16,18,20-21H2,1H3,(H2,40,46,47). The van der Waals surface area contributed by atoms with Crippen LogP contribution in [0.4, 0.5) is 8.78 Å². The first kappa shape index (κ1) is 33.1. The summed E-state index contributed by atoms with van der Waals surface area (Å²) in [4.78, 5) is 22.2. The maximum absolute atomic E-state index is 14.7. The van der Waals surface area contributed by atoms with Crippen LogP contribution in [0.5, 0.6) is 0 Å². The summed E-state index contributed by atoms with van der Waals surface area (Å²) in [5.41, 5.74) is 2.78. The number of likely N-dealkylation sites (tertiary alicyclic amines) is 1. The van der Waals surface area contributed by atoms with Gasteiger partial charge in [0.05, 0.1) is 22.5 Å². The average molecular weight is 696 g/mol. The topological polar surface area (TPSA) is 102 Å². The summed E-state index contributed by atoms with van der Waals surface area (Å²) in [5.74, 6) is -0.296. The molecule has 0 spiro atoms. The molecule has 0 saturated carbocycles. The summed E-state index contributed by atoms with van der Waals surface area (Å²) in [6.45, 7) is 3.84. The molecule has 4 heterocycles. The van der Waals surface area contributed by atoms with Gasteiger partial charge in [0.25, 0.3) is 0 Å². The Balaban J connectivity index is 1.06. The Morgan fingerprint density at radius 3 is 2.40 bits per heavy atom. The Bertz CT molecular complexity index is 1960. The van der Waals surface area contributed by atoms with Crippen molar-refractivity contribution >= 4 is 38.6 Å². The van der Waals surface area contributed by atoms with Crippen LogP contribution in [0, 0.1) is 18.6 Å². The van der Waals surface area contributed by atoms with E-state index in [4.69, 9.17) is 21.7 Å². The minimum atomic E-state index is -4.19. The Labute approximate surface area is 284 Å². The third kappa shape index (κ3) is 6.26. The van der Waals surface area contributed by atoms with E-state index < -0.39 is 20.7 Å². The van der Waals surface area contributed by atoms with Gasteiger partial charge in [-0.1, -0.05) is 35.9 Å². The smallest absolute Gasteiger partial charge is 0.239 e. The predicted octanol–water partition coefficient (Wildman–Crippen LogP) is 6.28. The third-order valence-corrected chi connectivity index (χ3v) is 12.5. The molecule has 8 nitrogen and oxygen atoms in total. The normalized spacial score (nSPS) is 22.8. The van der Waals surface area contributed by atoms with Crippen molar-refractivity contribution in [3.8, 4) is 0 Å². The van der Waals surface area contributed by atoms with Crippen molar-refractivity contribution in [1.82, 2.24) is 19.4 Å². The fourth-order valence-electron chi connectivity index (χ4n) is 8.68. The number of amides is 1. The number of imidazole rings is 1. The van der Waals surface area contributed by atoms with E-state index in [2.05, 4.69) is 34.6 Å². The molecule has 3 saturated heterocycles.